The molecule has 0 fully saturated rings. The van der Waals surface area contributed by atoms with Crippen molar-refractivity contribution in [2.45, 2.75) is 30.8 Å². The highest BCUT2D eigenvalue weighted by molar-refractivity contribution is 7.98. The molecule has 7 heteroatoms. The molecule has 0 aliphatic heterocycles. The summed E-state index contributed by atoms with van der Waals surface area (Å²) in [6.45, 7) is 3.99. The van der Waals surface area contributed by atoms with Gasteiger partial charge in [0.1, 0.15) is 11.9 Å². The molecule has 0 radical (unpaired) electrons. The first-order valence-corrected chi connectivity index (χ1v) is 7.03. The summed E-state index contributed by atoms with van der Waals surface area (Å²) in [5, 5.41) is 17.4. The molecule has 2 aromatic rings. The maximum Gasteiger partial charge on any atom is 0.222 e. The van der Waals surface area contributed by atoms with Gasteiger partial charge in [-0.3, -0.25) is 4.57 Å². The molecule has 0 spiro atoms. The Kier molecular flexibility index (Phi) is 4.25. The van der Waals surface area contributed by atoms with E-state index in [1.54, 1.807) is 12.1 Å². The molecule has 2 rings (SSSR count). The second-order valence-corrected chi connectivity index (χ2v) is 5.46. The van der Waals surface area contributed by atoms with Crippen molar-refractivity contribution in [2.24, 2.45) is 0 Å². The largest absolute Gasteiger partial charge is 0.368 e. The van der Waals surface area contributed by atoms with Gasteiger partial charge in [-0.15, -0.1) is 10.2 Å². The van der Waals surface area contributed by atoms with Crippen molar-refractivity contribution in [1.29, 1.82) is 5.26 Å². The van der Waals surface area contributed by atoms with Crippen LogP contribution in [0.4, 0.5) is 10.3 Å². The third-order valence-corrected chi connectivity index (χ3v) is 3.74. The average molecular weight is 291 g/mol. The Labute approximate surface area is 120 Å². The van der Waals surface area contributed by atoms with Gasteiger partial charge in [-0.05, 0) is 31.5 Å². The molecule has 5 nitrogen and oxygen atoms in total. The minimum Gasteiger partial charge on any atom is -0.368 e. The number of halogens is 1. The Morgan fingerprint density at radius 1 is 1.45 bits per heavy atom. The summed E-state index contributed by atoms with van der Waals surface area (Å²) in [6, 6.07) is 6.49. The number of hydrogen-bond donors (Lipinski definition) is 1. The van der Waals surface area contributed by atoms with E-state index >= 15 is 0 Å². The van der Waals surface area contributed by atoms with Gasteiger partial charge >= 0.3 is 0 Å². The molecule has 2 N–H and O–H groups in total. The maximum atomic E-state index is 13.2. The lowest BCUT2D eigenvalue weighted by atomic mass is 10.1. The third kappa shape index (κ3) is 2.91. The van der Waals surface area contributed by atoms with E-state index in [0.29, 0.717) is 16.9 Å². The zero-order valence-electron chi connectivity index (χ0n) is 11.2. The first-order valence-electron chi connectivity index (χ1n) is 6.04. The molecule has 0 aliphatic rings. The van der Waals surface area contributed by atoms with Gasteiger partial charge in [0.15, 0.2) is 5.16 Å². The van der Waals surface area contributed by atoms with Gasteiger partial charge < -0.3 is 5.73 Å². The molecule has 0 atom stereocenters. The smallest absolute Gasteiger partial charge is 0.222 e. The summed E-state index contributed by atoms with van der Waals surface area (Å²) in [4.78, 5) is 0. The van der Waals surface area contributed by atoms with Crippen LogP contribution in [0, 0.1) is 17.1 Å². The topological polar surface area (TPSA) is 80.5 Å². The highest BCUT2D eigenvalue weighted by Gasteiger charge is 2.13. The van der Waals surface area contributed by atoms with E-state index in [1.807, 2.05) is 24.5 Å². The van der Waals surface area contributed by atoms with Gasteiger partial charge in [0.05, 0.1) is 5.56 Å². The Morgan fingerprint density at radius 3 is 2.85 bits per heavy atom. The van der Waals surface area contributed by atoms with Crippen molar-refractivity contribution >= 4 is 17.7 Å². The molecule has 104 valence electrons. The summed E-state index contributed by atoms with van der Waals surface area (Å²) in [7, 11) is 0. The van der Waals surface area contributed by atoms with E-state index in [2.05, 4.69) is 10.2 Å². The lowest BCUT2D eigenvalue weighted by Gasteiger charge is -2.11. The predicted molar refractivity (Wildman–Crippen MR) is 75.5 cm³/mol. The standard InChI is InChI=1S/C13H14FN5S/c1-8(2)19-12(16)17-18-13(19)20-7-9-3-4-11(14)10(5-9)6-15/h3-5,8H,7H2,1-2H3,(H2,16,17). The maximum absolute atomic E-state index is 13.2. The van der Waals surface area contributed by atoms with Crippen LogP contribution < -0.4 is 5.73 Å². The van der Waals surface area contributed by atoms with Crippen LogP contribution in [-0.2, 0) is 5.75 Å². The minimum atomic E-state index is -0.504. The number of nitrogens with two attached hydrogens (primary N) is 1. The number of rotatable bonds is 4. The van der Waals surface area contributed by atoms with Crippen LogP contribution in [0.15, 0.2) is 23.4 Å². The molecule has 0 saturated carbocycles. The Balaban J connectivity index is 2.16. The number of nitrogens with zero attached hydrogens (tertiary/aromatic N) is 4. The van der Waals surface area contributed by atoms with E-state index in [4.69, 9.17) is 11.0 Å². The van der Waals surface area contributed by atoms with Crippen molar-refractivity contribution in [3.05, 3.63) is 35.1 Å². The van der Waals surface area contributed by atoms with Gasteiger partial charge in [0.2, 0.25) is 5.95 Å². The van der Waals surface area contributed by atoms with Crippen molar-refractivity contribution in [3.63, 3.8) is 0 Å². The molecule has 0 bridgehead atoms. The molecule has 1 heterocycles. The SMILES string of the molecule is CC(C)n1c(N)nnc1SCc1ccc(F)c(C#N)c1. The summed E-state index contributed by atoms with van der Waals surface area (Å²) in [5.74, 6) is 0.440. The van der Waals surface area contributed by atoms with Gasteiger partial charge in [-0.2, -0.15) is 5.26 Å². The van der Waals surface area contributed by atoms with Crippen LogP contribution >= 0.6 is 11.8 Å². The second kappa shape index (κ2) is 5.92. The van der Waals surface area contributed by atoms with E-state index in [0.717, 1.165) is 5.56 Å². The fraction of sp³-hybridized carbons (Fsp3) is 0.308. The average Bonchev–Trinajstić information content (AvgIpc) is 2.79. The van der Waals surface area contributed by atoms with Crippen LogP contribution in [0.25, 0.3) is 0 Å². The number of hydrogen-bond acceptors (Lipinski definition) is 5. The quantitative estimate of drug-likeness (QED) is 0.876. The van der Waals surface area contributed by atoms with E-state index in [1.165, 1.54) is 17.8 Å². The van der Waals surface area contributed by atoms with Crippen LogP contribution in [-0.4, -0.2) is 14.8 Å². The highest BCUT2D eigenvalue weighted by Crippen LogP contribution is 2.26. The third-order valence-electron chi connectivity index (χ3n) is 2.73. The van der Waals surface area contributed by atoms with Crippen LogP contribution in [0.1, 0.15) is 31.0 Å². The molecule has 0 unspecified atom stereocenters. The minimum absolute atomic E-state index is 0.0490. The van der Waals surface area contributed by atoms with Crippen molar-refractivity contribution in [3.8, 4) is 6.07 Å². The van der Waals surface area contributed by atoms with Gasteiger partial charge in [-0.25, -0.2) is 4.39 Å². The molecule has 20 heavy (non-hydrogen) atoms. The summed E-state index contributed by atoms with van der Waals surface area (Å²) in [5.41, 5.74) is 6.66. The molecule has 0 amide bonds. The monoisotopic (exact) mass is 291 g/mol. The highest BCUT2D eigenvalue weighted by atomic mass is 32.2. The number of nitriles is 1. The van der Waals surface area contributed by atoms with E-state index in [-0.39, 0.29) is 11.6 Å². The Bertz CT molecular complexity index is 659. The lowest BCUT2D eigenvalue weighted by molar-refractivity contribution is 0.557. The molecular weight excluding hydrogens is 277 g/mol. The zero-order valence-corrected chi connectivity index (χ0v) is 12.0. The van der Waals surface area contributed by atoms with Crippen LogP contribution in [0.5, 0.6) is 0 Å². The first-order chi connectivity index (χ1) is 9.52. The summed E-state index contributed by atoms with van der Waals surface area (Å²) >= 11 is 1.45. The van der Waals surface area contributed by atoms with Gasteiger partial charge in [-0.1, -0.05) is 17.8 Å². The van der Waals surface area contributed by atoms with Gasteiger partial charge in [0, 0.05) is 11.8 Å². The second-order valence-electron chi connectivity index (χ2n) is 4.52. The molecule has 0 aliphatic carbocycles. The fourth-order valence-electron chi connectivity index (χ4n) is 1.77. The number of anilines is 1. The number of benzene rings is 1. The fourth-order valence-corrected chi connectivity index (χ4v) is 2.79. The van der Waals surface area contributed by atoms with Gasteiger partial charge in [0.25, 0.3) is 0 Å². The zero-order chi connectivity index (χ0) is 14.7. The van der Waals surface area contributed by atoms with E-state index in [9.17, 15) is 4.39 Å². The van der Waals surface area contributed by atoms with E-state index < -0.39 is 5.82 Å². The first kappa shape index (κ1) is 14.3. The normalized spacial score (nSPS) is 10.8. The molecular formula is C13H14FN5S. The molecule has 1 aromatic carbocycles. The van der Waals surface area contributed by atoms with Crippen molar-refractivity contribution in [2.75, 3.05) is 5.73 Å². The predicted octanol–water partition coefficient (Wildman–Crippen LogP) is 2.74. The summed E-state index contributed by atoms with van der Waals surface area (Å²) in [6.07, 6.45) is 0. The lowest BCUT2D eigenvalue weighted by Crippen LogP contribution is -2.07. The van der Waals surface area contributed by atoms with Crippen LogP contribution in [0.3, 0.4) is 0 Å². The molecule has 0 saturated heterocycles. The number of nitrogen functional groups attached to an aromatic ring is 1. The Hall–Kier alpha value is -2.07. The van der Waals surface area contributed by atoms with Crippen molar-refractivity contribution in [1.82, 2.24) is 14.8 Å². The number of thioether (sulfide) groups is 1. The van der Waals surface area contributed by atoms with Crippen LogP contribution in [0.2, 0.25) is 0 Å². The summed E-state index contributed by atoms with van der Waals surface area (Å²) < 4.78 is 15.1. The number of aromatic nitrogens is 3. The van der Waals surface area contributed by atoms with Crippen molar-refractivity contribution < 1.29 is 4.39 Å². The Morgan fingerprint density at radius 2 is 2.20 bits per heavy atom. The molecule has 1 aromatic heterocycles.